The quantitative estimate of drug-likeness (QED) is 0.539. The second-order valence-electron chi connectivity index (χ2n) is 5.69. The Morgan fingerprint density at radius 3 is 1.85 bits per heavy atom. The van der Waals surface area contributed by atoms with E-state index in [4.69, 9.17) is 0 Å². The van der Waals surface area contributed by atoms with Gasteiger partial charge in [-0.15, -0.1) is 11.7 Å². The van der Waals surface area contributed by atoms with Gasteiger partial charge >= 0.3 is 0 Å². The Labute approximate surface area is 90.0 Å². The summed E-state index contributed by atoms with van der Waals surface area (Å²) in [5.74, 6) is 4.63. The molecule has 0 amide bonds. The van der Waals surface area contributed by atoms with E-state index in [-0.39, 0.29) is 0 Å². The summed E-state index contributed by atoms with van der Waals surface area (Å²) in [5.41, 5.74) is 0.737. The highest BCUT2D eigenvalue weighted by Gasteiger charge is 2.50. The summed E-state index contributed by atoms with van der Waals surface area (Å²) in [6, 6.07) is 0. The van der Waals surface area contributed by atoms with Crippen molar-refractivity contribution in [3.05, 3.63) is 0 Å². The third kappa shape index (κ3) is 1.45. The molecule has 0 spiro atoms. The zero-order chi connectivity index (χ0) is 8.89. The van der Waals surface area contributed by atoms with Crippen LogP contribution >= 0.6 is 22.5 Å². The second-order valence-corrected chi connectivity index (χ2v) is 7.01. The minimum Gasteiger partial charge on any atom is -0.111 e. The molecule has 0 aromatic heterocycles. The van der Waals surface area contributed by atoms with E-state index in [0.29, 0.717) is 0 Å². The van der Waals surface area contributed by atoms with Crippen molar-refractivity contribution in [3.63, 3.8) is 0 Å². The maximum Gasteiger partial charge on any atom is 0.00914 e. The lowest BCUT2D eigenvalue weighted by molar-refractivity contribution is -0.0380. The maximum absolute atomic E-state index is 4.35. The molecule has 4 fully saturated rings. The molecule has 4 bridgehead atoms. The van der Waals surface area contributed by atoms with Crippen molar-refractivity contribution in [2.45, 2.75) is 38.5 Å². The fourth-order valence-corrected chi connectivity index (χ4v) is 6.05. The molecule has 0 aromatic rings. The monoisotopic (exact) mass is 214 g/mol. The molecule has 0 aliphatic heterocycles. The second kappa shape index (κ2) is 3.10. The molecule has 4 aliphatic carbocycles. The summed E-state index contributed by atoms with van der Waals surface area (Å²) >= 11 is 4.35. The van der Waals surface area contributed by atoms with Crippen LogP contribution in [0.3, 0.4) is 0 Å². The highest BCUT2D eigenvalue weighted by atomic mass is 33.1. The van der Waals surface area contributed by atoms with Crippen molar-refractivity contribution in [1.82, 2.24) is 0 Å². The fourth-order valence-electron chi connectivity index (χ4n) is 4.60. The van der Waals surface area contributed by atoms with Crippen molar-refractivity contribution >= 4 is 22.5 Å². The van der Waals surface area contributed by atoms with Crippen LogP contribution in [0.4, 0.5) is 0 Å². The van der Waals surface area contributed by atoms with E-state index in [9.17, 15) is 0 Å². The molecule has 13 heavy (non-hydrogen) atoms. The SMILES string of the molecule is SSCC12CC3CC(CC(C3)C1)C2. The number of hydrogen-bond acceptors (Lipinski definition) is 2. The van der Waals surface area contributed by atoms with Gasteiger partial charge in [-0.25, -0.2) is 0 Å². The van der Waals surface area contributed by atoms with Crippen molar-refractivity contribution in [3.8, 4) is 0 Å². The Kier molecular flexibility index (Phi) is 2.13. The molecule has 0 atom stereocenters. The van der Waals surface area contributed by atoms with Gasteiger partial charge in [-0.1, -0.05) is 10.8 Å². The summed E-state index contributed by atoms with van der Waals surface area (Å²) < 4.78 is 0. The van der Waals surface area contributed by atoms with Crippen LogP contribution in [-0.2, 0) is 0 Å². The van der Waals surface area contributed by atoms with E-state index in [1.54, 1.807) is 30.1 Å². The van der Waals surface area contributed by atoms with Gasteiger partial charge in [-0.3, -0.25) is 0 Å². The van der Waals surface area contributed by atoms with Gasteiger partial charge in [0.1, 0.15) is 0 Å². The average molecular weight is 214 g/mol. The van der Waals surface area contributed by atoms with Gasteiger partial charge < -0.3 is 0 Å². The normalized spacial score (nSPS) is 52.8. The number of hydrogen-bond donors (Lipinski definition) is 1. The van der Waals surface area contributed by atoms with Crippen LogP contribution in [0.25, 0.3) is 0 Å². The third-order valence-electron chi connectivity index (χ3n) is 4.54. The Morgan fingerprint density at radius 1 is 1.00 bits per heavy atom. The molecule has 0 unspecified atom stereocenters. The lowest BCUT2D eigenvalue weighted by Crippen LogP contribution is -2.47. The molecule has 4 saturated carbocycles. The number of rotatable bonds is 2. The predicted molar refractivity (Wildman–Crippen MR) is 62.0 cm³/mol. The molecular weight excluding hydrogens is 196 g/mol. The van der Waals surface area contributed by atoms with Crippen LogP contribution in [0.5, 0.6) is 0 Å². The van der Waals surface area contributed by atoms with E-state index >= 15 is 0 Å². The van der Waals surface area contributed by atoms with E-state index < -0.39 is 0 Å². The van der Waals surface area contributed by atoms with Gasteiger partial charge in [0, 0.05) is 5.75 Å². The lowest BCUT2D eigenvalue weighted by atomic mass is 9.50. The smallest absolute Gasteiger partial charge is 0.00914 e. The minimum atomic E-state index is 0.737. The summed E-state index contributed by atoms with van der Waals surface area (Å²) in [7, 11) is 1.78. The lowest BCUT2D eigenvalue weighted by Gasteiger charge is -2.56. The van der Waals surface area contributed by atoms with Gasteiger partial charge in [0.05, 0.1) is 0 Å². The summed E-state index contributed by atoms with van der Waals surface area (Å²) in [5, 5.41) is 0. The fraction of sp³-hybridized carbons (Fsp3) is 1.00. The van der Waals surface area contributed by atoms with Crippen molar-refractivity contribution in [2.24, 2.45) is 23.2 Å². The molecule has 74 valence electrons. The molecule has 0 aromatic carbocycles. The molecule has 0 N–H and O–H groups in total. The summed E-state index contributed by atoms with van der Waals surface area (Å²) in [4.78, 5) is 0. The third-order valence-corrected chi connectivity index (χ3v) is 5.66. The van der Waals surface area contributed by atoms with Gasteiger partial charge in [-0.2, -0.15) is 0 Å². The van der Waals surface area contributed by atoms with E-state index in [0.717, 1.165) is 23.2 Å². The Morgan fingerprint density at radius 2 is 1.46 bits per heavy atom. The first-order valence-corrected chi connectivity index (χ1v) is 7.60. The van der Waals surface area contributed by atoms with Gasteiger partial charge in [0.15, 0.2) is 0 Å². The van der Waals surface area contributed by atoms with E-state index in [1.165, 1.54) is 25.0 Å². The topological polar surface area (TPSA) is 0 Å². The zero-order valence-corrected chi connectivity index (χ0v) is 9.75. The summed E-state index contributed by atoms with van der Waals surface area (Å²) in [6.07, 6.45) is 9.30. The van der Waals surface area contributed by atoms with Gasteiger partial charge in [0.25, 0.3) is 0 Å². The Balaban J connectivity index is 1.83. The largest absolute Gasteiger partial charge is 0.111 e. The van der Waals surface area contributed by atoms with Crippen LogP contribution in [0.1, 0.15) is 38.5 Å². The Bertz CT molecular complexity index is 177. The average Bonchev–Trinajstić information content (AvgIpc) is 2.00. The molecular formula is C11H18S2. The van der Waals surface area contributed by atoms with Crippen LogP contribution in [0.2, 0.25) is 0 Å². The first kappa shape index (κ1) is 8.96. The predicted octanol–water partition coefficient (Wildman–Crippen LogP) is 3.78. The highest BCUT2D eigenvalue weighted by Crippen LogP contribution is 2.60. The summed E-state index contributed by atoms with van der Waals surface area (Å²) in [6.45, 7) is 0. The van der Waals surface area contributed by atoms with Crippen molar-refractivity contribution in [1.29, 1.82) is 0 Å². The first-order valence-electron chi connectivity index (χ1n) is 5.56. The van der Waals surface area contributed by atoms with Crippen molar-refractivity contribution in [2.75, 3.05) is 5.75 Å². The molecule has 0 nitrogen and oxygen atoms in total. The standard InChI is InChI=1S/C11H18S2/c12-13-7-11-4-8-1-9(5-11)3-10(2-8)6-11/h8-10,12H,1-7H2. The maximum atomic E-state index is 4.35. The molecule has 4 rings (SSSR count). The van der Waals surface area contributed by atoms with E-state index in [2.05, 4.69) is 11.7 Å². The Hall–Kier alpha value is 0.700. The van der Waals surface area contributed by atoms with Crippen LogP contribution in [-0.4, -0.2) is 5.75 Å². The van der Waals surface area contributed by atoms with Crippen LogP contribution < -0.4 is 0 Å². The minimum absolute atomic E-state index is 0.737. The number of thiol groups is 1. The van der Waals surface area contributed by atoms with Crippen molar-refractivity contribution < 1.29 is 0 Å². The molecule has 0 radical (unpaired) electrons. The zero-order valence-electron chi connectivity index (χ0n) is 8.04. The van der Waals surface area contributed by atoms with Gasteiger partial charge in [-0.05, 0) is 61.7 Å². The molecule has 2 heteroatoms. The van der Waals surface area contributed by atoms with E-state index in [1.807, 2.05) is 0 Å². The van der Waals surface area contributed by atoms with Gasteiger partial charge in [0.2, 0.25) is 0 Å². The molecule has 0 heterocycles. The van der Waals surface area contributed by atoms with Crippen LogP contribution in [0.15, 0.2) is 0 Å². The van der Waals surface area contributed by atoms with Crippen LogP contribution in [0, 0.1) is 23.2 Å². The first-order chi connectivity index (χ1) is 6.30. The highest BCUT2D eigenvalue weighted by molar-refractivity contribution is 8.68. The molecule has 4 aliphatic rings. The molecule has 0 saturated heterocycles.